The van der Waals surface area contributed by atoms with Crippen molar-refractivity contribution >= 4 is 23.3 Å². The first kappa shape index (κ1) is 26.9. The van der Waals surface area contributed by atoms with Crippen molar-refractivity contribution in [2.45, 2.75) is 85.9 Å². The molecule has 0 bridgehead atoms. The van der Waals surface area contributed by atoms with Crippen molar-refractivity contribution in [3.05, 3.63) is 23.8 Å². The van der Waals surface area contributed by atoms with Crippen molar-refractivity contribution in [1.82, 2.24) is 0 Å². The Morgan fingerprint density at radius 2 is 1.78 bits per heavy atom. The molecule has 36 heavy (non-hydrogen) atoms. The van der Waals surface area contributed by atoms with Crippen LogP contribution in [0.15, 0.2) is 23.8 Å². The summed E-state index contributed by atoms with van der Waals surface area (Å²) in [5, 5.41) is 21.9. The number of ketones is 3. The van der Waals surface area contributed by atoms with E-state index in [4.69, 9.17) is 4.74 Å². The first-order valence-electron chi connectivity index (χ1n) is 13.1. The zero-order chi connectivity index (χ0) is 26.8. The highest BCUT2D eigenvalue weighted by Gasteiger charge is 2.72. The number of fused-ring (bicyclic) bond motifs is 5. The smallest absolute Gasteiger partial charge is 0.302 e. The third-order valence-corrected chi connectivity index (χ3v) is 10.7. The maximum atomic E-state index is 14.1. The van der Waals surface area contributed by atoms with Crippen LogP contribution in [0, 0.1) is 39.4 Å². The van der Waals surface area contributed by atoms with Gasteiger partial charge in [-0.15, -0.1) is 0 Å². The maximum absolute atomic E-state index is 14.1. The van der Waals surface area contributed by atoms with Crippen LogP contribution in [0.1, 0.15) is 73.6 Å². The summed E-state index contributed by atoms with van der Waals surface area (Å²) in [5.74, 6) is -1.36. The highest BCUT2D eigenvalue weighted by molar-refractivity contribution is 5.95. The lowest BCUT2D eigenvalue weighted by atomic mass is 9.39. The number of allylic oxidation sites excluding steroid dienone is 3. The average molecular weight is 501 g/mol. The summed E-state index contributed by atoms with van der Waals surface area (Å²) >= 11 is 0. The molecule has 4 aliphatic carbocycles. The molecule has 0 heterocycles. The lowest BCUT2D eigenvalue weighted by Crippen LogP contribution is -2.63. The summed E-state index contributed by atoms with van der Waals surface area (Å²) in [5.41, 5.74) is -1.59. The van der Waals surface area contributed by atoms with E-state index in [1.165, 1.54) is 19.1 Å². The van der Waals surface area contributed by atoms with Gasteiger partial charge in [-0.25, -0.2) is 0 Å². The third kappa shape index (κ3) is 3.68. The van der Waals surface area contributed by atoms with Crippen molar-refractivity contribution in [2.75, 3.05) is 6.61 Å². The van der Waals surface area contributed by atoms with Gasteiger partial charge in [-0.05, 0) is 73.8 Å². The summed E-state index contributed by atoms with van der Waals surface area (Å²) in [4.78, 5) is 50.6. The summed E-state index contributed by atoms with van der Waals surface area (Å²) in [6.45, 7) is 11.2. The normalized spacial score (nSPS) is 43.4. The fraction of sp³-hybridized carbons (Fsp3) is 0.724. The van der Waals surface area contributed by atoms with Gasteiger partial charge in [0, 0.05) is 30.6 Å². The summed E-state index contributed by atoms with van der Waals surface area (Å²) in [6, 6.07) is 0. The number of Topliss-reactive ketones (excluding diaryl/α,β-unsaturated/α-hetero) is 2. The van der Waals surface area contributed by atoms with Gasteiger partial charge in [0.2, 0.25) is 0 Å². The van der Waals surface area contributed by atoms with Crippen LogP contribution in [0.2, 0.25) is 0 Å². The largest absolute Gasteiger partial charge is 0.462 e. The molecule has 8 atom stereocenters. The molecular formula is C29H40O7. The Labute approximate surface area is 213 Å². The number of aliphatic hydroxyl groups excluding tert-OH is 2. The molecule has 8 unspecified atom stereocenters. The van der Waals surface area contributed by atoms with E-state index in [0.29, 0.717) is 12.8 Å². The maximum Gasteiger partial charge on any atom is 0.302 e. The molecule has 7 heteroatoms. The van der Waals surface area contributed by atoms with Crippen molar-refractivity contribution < 1.29 is 34.1 Å². The predicted molar refractivity (Wildman–Crippen MR) is 133 cm³/mol. The van der Waals surface area contributed by atoms with Crippen molar-refractivity contribution in [2.24, 2.45) is 39.4 Å². The van der Waals surface area contributed by atoms with Crippen LogP contribution in [-0.4, -0.2) is 52.3 Å². The Morgan fingerprint density at radius 3 is 2.42 bits per heavy atom. The van der Waals surface area contributed by atoms with Crippen LogP contribution in [0.4, 0.5) is 0 Å². The molecule has 0 amide bonds. The van der Waals surface area contributed by atoms with Gasteiger partial charge < -0.3 is 14.9 Å². The van der Waals surface area contributed by atoms with Crippen molar-refractivity contribution in [3.63, 3.8) is 0 Å². The van der Waals surface area contributed by atoms with Crippen LogP contribution in [0.25, 0.3) is 0 Å². The lowest BCUT2D eigenvalue weighted by molar-refractivity contribution is -0.172. The zero-order valence-corrected chi connectivity index (χ0v) is 22.3. The number of hydrogen-bond donors (Lipinski definition) is 2. The predicted octanol–water partition coefficient (Wildman–Crippen LogP) is 3.36. The van der Waals surface area contributed by atoms with E-state index < -0.39 is 39.8 Å². The lowest BCUT2D eigenvalue weighted by Gasteiger charge is -2.64. The number of carbonyl (C=O) groups excluding carboxylic acids is 4. The Kier molecular flexibility index (Phi) is 6.53. The van der Waals surface area contributed by atoms with Crippen LogP contribution in [-0.2, 0) is 23.9 Å². The topological polar surface area (TPSA) is 118 Å². The van der Waals surface area contributed by atoms with E-state index in [-0.39, 0.29) is 61.0 Å². The third-order valence-electron chi connectivity index (χ3n) is 10.7. The van der Waals surface area contributed by atoms with Gasteiger partial charge >= 0.3 is 5.97 Å². The molecule has 198 valence electrons. The molecule has 2 N–H and O–H groups in total. The highest BCUT2D eigenvalue weighted by Crippen LogP contribution is 2.73. The van der Waals surface area contributed by atoms with E-state index >= 15 is 0 Å². The molecule has 7 nitrogen and oxygen atoms in total. The Morgan fingerprint density at radius 1 is 1.11 bits per heavy atom. The second-order valence-electron chi connectivity index (χ2n) is 12.7. The van der Waals surface area contributed by atoms with Gasteiger partial charge in [-0.3, -0.25) is 19.2 Å². The molecule has 0 radical (unpaired) electrons. The SMILES string of the molecule is CC(=O)OCC=CC(=O)CC1C(O)CC2(C)C3CC=C4C(CC(O)C(=O)C4(C)C)C3(C)C(=O)CC12C. The Hall–Kier alpha value is -2.12. The molecule has 0 saturated heterocycles. The highest BCUT2D eigenvalue weighted by atomic mass is 16.5. The molecule has 4 rings (SSSR count). The number of aliphatic hydroxyl groups is 2. The molecule has 0 aromatic rings. The molecule has 0 spiro atoms. The molecule has 3 fully saturated rings. The van der Waals surface area contributed by atoms with Crippen molar-refractivity contribution in [3.8, 4) is 0 Å². The minimum atomic E-state index is -1.09. The van der Waals surface area contributed by atoms with Gasteiger partial charge in [0.1, 0.15) is 18.5 Å². The fourth-order valence-electron chi connectivity index (χ4n) is 8.51. The number of rotatable bonds is 5. The summed E-state index contributed by atoms with van der Waals surface area (Å²) in [7, 11) is 0. The number of esters is 1. The molecule has 3 saturated carbocycles. The van der Waals surface area contributed by atoms with E-state index in [9.17, 15) is 29.4 Å². The van der Waals surface area contributed by atoms with Crippen molar-refractivity contribution in [1.29, 1.82) is 0 Å². The van der Waals surface area contributed by atoms with Gasteiger partial charge in [0.25, 0.3) is 0 Å². The van der Waals surface area contributed by atoms with E-state index in [0.717, 1.165) is 5.57 Å². The molecule has 4 aliphatic rings. The molecular weight excluding hydrogens is 460 g/mol. The Balaban J connectivity index is 1.66. The summed E-state index contributed by atoms with van der Waals surface area (Å²) < 4.78 is 4.85. The second kappa shape index (κ2) is 8.73. The first-order chi connectivity index (χ1) is 16.6. The van der Waals surface area contributed by atoms with Crippen LogP contribution in [0.3, 0.4) is 0 Å². The van der Waals surface area contributed by atoms with Crippen LogP contribution < -0.4 is 0 Å². The second-order valence-corrected chi connectivity index (χ2v) is 12.7. The molecule has 0 aliphatic heterocycles. The van der Waals surface area contributed by atoms with E-state index in [1.54, 1.807) is 0 Å². The van der Waals surface area contributed by atoms with Gasteiger partial charge in [-0.2, -0.15) is 0 Å². The average Bonchev–Trinajstić information content (AvgIpc) is 2.96. The molecule has 0 aromatic heterocycles. The number of ether oxygens (including phenoxy) is 1. The van der Waals surface area contributed by atoms with Gasteiger partial charge in [0.05, 0.1) is 6.10 Å². The first-order valence-corrected chi connectivity index (χ1v) is 13.1. The minimum absolute atomic E-state index is 0.0168. The molecule has 0 aromatic carbocycles. The van der Waals surface area contributed by atoms with Gasteiger partial charge in [-0.1, -0.05) is 32.4 Å². The monoisotopic (exact) mass is 500 g/mol. The van der Waals surface area contributed by atoms with Crippen LogP contribution in [0.5, 0.6) is 0 Å². The number of carbonyl (C=O) groups is 4. The zero-order valence-electron chi connectivity index (χ0n) is 22.3. The van der Waals surface area contributed by atoms with E-state index in [2.05, 4.69) is 13.0 Å². The quantitative estimate of drug-likeness (QED) is 0.338. The standard InChI is InChI=1S/C29H40O7/c1-16(30)36-11-7-8-17(31)12-20-22(33)14-28(5)23-10-9-18-19(13-21(32)25(35)26(18,2)3)29(23,6)24(34)15-27(20,28)4/h7-9,19-23,32-33H,10-15H2,1-6H3. The minimum Gasteiger partial charge on any atom is -0.462 e. The number of hydrogen-bond acceptors (Lipinski definition) is 7. The van der Waals surface area contributed by atoms with E-state index in [1.807, 2.05) is 27.7 Å². The van der Waals surface area contributed by atoms with Crippen LogP contribution >= 0.6 is 0 Å². The van der Waals surface area contributed by atoms with Gasteiger partial charge in [0.15, 0.2) is 11.6 Å². The summed E-state index contributed by atoms with van der Waals surface area (Å²) in [6.07, 6.45) is 4.93. The Bertz CT molecular complexity index is 1050. The fourth-order valence-corrected chi connectivity index (χ4v) is 8.51.